The Kier molecular flexibility index (Phi) is 11.0. The second kappa shape index (κ2) is 14.9. The summed E-state index contributed by atoms with van der Waals surface area (Å²) in [6.07, 6.45) is -1.77. The van der Waals surface area contributed by atoms with Crippen molar-refractivity contribution in [3.63, 3.8) is 0 Å². The molecule has 0 bridgehead atoms. The predicted molar refractivity (Wildman–Crippen MR) is 159 cm³/mol. The maximum Gasteiger partial charge on any atom is 0.573 e. The van der Waals surface area contributed by atoms with Crippen LogP contribution in [-0.4, -0.2) is 38.0 Å². The average molecular weight is 634 g/mol. The maximum atomic E-state index is 12.4. The third-order valence-electron chi connectivity index (χ3n) is 6.43. The highest BCUT2D eigenvalue weighted by atomic mass is 35.5. The molecule has 234 valence electrons. The summed E-state index contributed by atoms with van der Waals surface area (Å²) < 4.78 is 68.7. The lowest BCUT2D eigenvalue weighted by Gasteiger charge is -2.18. The first-order chi connectivity index (χ1) is 21.1. The molecule has 0 aliphatic rings. The van der Waals surface area contributed by atoms with Gasteiger partial charge in [-0.15, -0.1) is 13.2 Å². The molecule has 1 heterocycles. The summed E-state index contributed by atoms with van der Waals surface area (Å²) >= 11 is 6.44. The molecule has 4 rings (SSSR count). The van der Waals surface area contributed by atoms with Crippen molar-refractivity contribution < 1.29 is 46.4 Å². The van der Waals surface area contributed by atoms with Gasteiger partial charge in [0.05, 0.1) is 24.3 Å². The van der Waals surface area contributed by atoms with E-state index in [0.717, 1.165) is 37.8 Å². The summed E-state index contributed by atoms with van der Waals surface area (Å²) in [5.74, 6) is 1.21. The Balaban J connectivity index is 1.56. The van der Waals surface area contributed by atoms with E-state index in [9.17, 15) is 18.0 Å². The highest BCUT2D eigenvalue weighted by Crippen LogP contribution is 2.42. The van der Waals surface area contributed by atoms with Crippen LogP contribution in [0.15, 0.2) is 60.7 Å². The number of pyridine rings is 1. The Bertz CT molecular complexity index is 1560. The van der Waals surface area contributed by atoms with Crippen LogP contribution in [0.4, 0.5) is 18.0 Å². The van der Waals surface area contributed by atoms with E-state index in [1.807, 2.05) is 6.92 Å². The number of alkyl halides is 3. The van der Waals surface area contributed by atoms with E-state index < -0.39 is 19.3 Å². The normalized spacial score (nSPS) is 11.2. The van der Waals surface area contributed by atoms with Crippen molar-refractivity contribution in [2.75, 3.05) is 20.5 Å². The fraction of sp³-hybridized carbons (Fsp3) is 0.312. The van der Waals surface area contributed by atoms with Crippen molar-refractivity contribution in [1.82, 2.24) is 4.98 Å². The number of hydrogen-bond donors (Lipinski definition) is 0. The molecule has 0 amide bonds. The molecule has 0 radical (unpaired) electrons. The van der Waals surface area contributed by atoms with Crippen molar-refractivity contribution in [2.24, 2.45) is 0 Å². The van der Waals surface area contributed by atoms with E-state index in [-0.39, 0.29) is 12.4 Å². The smallest absolute Gasteiger partial charge is 0.495 e. The first-order valence-electron chi connectivity index (χ1n) is 13.8. The zero-order chi connectivity index (χ0) is 31.7. The van der Waals surface area contributed by atoms with Gasteiger partial charge in [0, 0.05) is 22.7 Å². The first kappa shape index (κ1) is 32.5. The second-order valence-electron chi connectivity index (χ2n) is 9.62. The van der Waals surface area contributed by atoms with Gasteiger partial charge in [0.1, 0.15) is 28.7 Å². The van der Waals surface area contributed by atoms with Gasteiger partial charge >= 0.3 is 12.5 Å². The average Bonchev–Trinajstić information content (AvgIpc) is 2.98. The number of carbonyl (C=O) groups excluding carboxylic acids is 1. The summed E-state index contributed by atoms with van der Waals surface area (Å²) in [6.45, 7) is 3.75. The molecule has 0 aliphatic heterocycles. The maximum absolute atomic E-state index is 12.4. The molecular formula is C32H31ClF3NO7. The van der Waals surface area contributed by atoms with Crippen molar-refractivity contribution in [1.29, 1.82) is 0 Å². The van der Waals surface area contributed by atoms with E-state index >= 15 is 0 Å². The Morgan fingerprint density at radius 2 is 1.57 bits per heavy atom. The topological polar surface area (TPSA) is 85.3 Å². The van der Waals surface area contributed by atoms with E-state index in [4.69, 9.17) is 40.3 Å². The van der Waals surface area contributed by atoms with Crippen molar-refractivity contribution in [3.8, 4) is 39.9 Å². The minimum atomic E-state index is -4.78. The summed E-state index contributed by atoms with van der Waals surface area (Å²) in [6, 6.07) is 15.3. The number of carbonyl (C=O) groups is 1. The van der Waals surface area contributed by atoms with Crippen LogP contribution >= 0.6 is 11.6 Å². The number of rotatable bonds is 13. The molecule has 1 aromatic heterocycles. The zero-order valence-corrected chi connectivity index (χ0v) is 25.1. The van der Waals surface area contributed by atoms with Gasteiger partial charge in [-0.1, -0.05) is 49.9 Å². The lowest BCUT2D eigenvalue weighted by molar-refractivity contribution is -0.274. The molecule has 12 heteroatoms. The molecule has 4 aromatic rings. The molecule has 0 spiro atoms. The molecule has 3 aromatic carbocycles. The van der Waals surface area contributed by atoms with Crippen LogP contribution in [-0.2, 0) is 9.47 Å². The van der Waals surface area contributed by atoms with Gasteiger partial charge in [-0.05, 0) is 61.4 Å². The van der Waals surface area contributed by atoms with Crippen LogP contribution in [0.5, 0.6) is 28.7 Å². The standard InChI is InChI=1S/C32H31ClF3NO7/c1-4-5-6-7-16-40-31(38)42-19-41-30-25-17-26(33)28(39-3)18-27(25)37-20(2)29(30)21-8-10-22(11-9-21)43-23-12-14-24(15-13-23)44-32(34,35)36/h8-15,17-18H,4-7,16,19H2,1-3H3. The van der Waals surface area contributed by atoms with Crippen molar-refractivity contribution >= 4 is 28.7 Å². The Hall–Kier alpha value is -4.38. The molecule has 0 aliphatic carbocycles. The molecule has 0 atom stereocenters. The van der Waals surface area contributed by atoms with E-state index in [1.54, 1.807) is 36.4 Å². The minimum Gasteiger partial charge on any atom is -0.495 e. The zero-order valence-electron chi connectivity index (χ0n) is 24.3. The monoisotopic (exact) mass is 633 g/mol. The van der Waals surface area contributed by atoms with Gasteiger partial charge < -0.3 is 28.4 Å². The van der Waals surface area contributed by atoms with Gasteiger partial charge in [-0.3, -0.25) is 4.98 Å². The van der Waals surface area contributed by atoms with Crippen molar-refractivity contribution in [2.45, 2.75) is 45.9 Å². The van der Waals surface area contributed by atoms with Gasteiger partial charge in [-0.2, -0.15) is 0 Å². The second-order valence-corrected chi connectivity index (χ2v) is 10.0. The van der Waals surface area contributed by atoms with Gasteiger partial charge in [0.25, 0.3) is 0 Å². The number of aryl methyl sites for hydroxylation is 1. The number of aromatic nitrogens is 1. The fourth-order valence-corrected chi connectivity index (χ4v) is 4.64. The Labute approximate surface area is 257 Å². The molecule has 0 saturated carbocycles. The third-order valence-corrected chi connectivity index (χ3v) is 6.72. The Morgan fingerprint density at radius 1 is 0.909 bits per heavy atom. The Morgan fingerprint density at radius 3 is 2.20 bits per heavy atom. The molecule has 0 N–H and O–H groups in total. The van der Waals surface area contributed by atoms with Crippen LogP contribution in [0.25, 0.3) is 22.0 Å². The highest BCUT2D eigenvalue weighted by molar-refractivity contribution is 6.33. The number of fused-ring (bicyclic) bond motifs is 1. The van der Waals surface area contributed by atoms with E-state index in [0.29, 0.717) is 55.7 Å². The summed E-state index contributed by atoms with van der Waals surface area (Å²) in [5, 5.41) is 0.902. The molecule has 8 nitrogen and oxygen atoms in total. The molecule has 0 saturated heterocycles. The van der Waals surface area contributed by atoms with Gasteiger partial charge in [0.15, 0.2) is 0 Å². The van der Waals surface area contributed by atoms with Gasteiger partial charge in [0.2, 0.25) is 6.79 Å². The highest BCUT2D eigenvalue weighted by Gasteiger charge is 2.31. The minimum absolute atomic E-state index is 0.261. The van der Waals surface area contributed by atoms with Crippen LogP contribution in [0, 0.1) is 6.92 Å². The predicted octanol–water partition coefficient (Wildman–Crippen LogP) is 9.63. The van der Waals surface area contributed by atoms with Crippen molar-refractivity contribution in [3.05, 3.63) is 71.4 Å². The number of hydrogen-bond acceptors (Lipinski definition) is 8. The number of methoxy groups -OCH3 is 1. The van der Waals surface area contributed by atoms with Crippen LogP contribution in [0.1, 0.15) is 38.3 Å². The SMILES string of the molecule is CCCCCCOC(=O)OCOc1c(-c2ccc(Oc3ccc(OC(F)(F)F)cc3)cc2)c(C)nc2cc(OC)c(Cl)cc12. The fourth-order valence-electron chi connectivity index (χ4n) is 4.40. The summed E-state index contributed by atoms with van der Waals surface area (Å²) in [5.41, 5.74) is 2.50. The number of benzene rings is 3. The lowest BCUT2D eigenvalue weighted by atomic mass is 10.00. The summed E-state index contributed by atoms with van der Waals surface area (Å²) in [7, 11) is 1.50. The molecule has 0 fully saturated rings. The van der Waals surface area contributed by atoms with Gasteiger partial charge in [-0.25, -0.2) is 4.79 Å². The first-order valence-corrected chi connectivity index (χ1v) is 14.2. The number of unbranched alkanes of at least 4 members (excludes halogenated alkanes) is 3. The summed E-state index contributed by atoms with van der Waals surface area (Å²) in [4.78, 5) is 16.8. The van der Waals surface area contributed by atoms with E-state index in [2.05, 4.69) is 11.7 Å². The molecular weight excluding hydrogens is 603 g/mol. The molecule has 0 unspecified atom stereocenters. The number of nitrogens with zero attached hydrogens (tertiary/aromatic N) is 1. The lowest BCUT2D eigenvalue weighted by Crippen LogP contribution is -2.16. The number of halogens is 4. The van der Waals surface area contributed by atoms with Crippen LogP contribution in [0.2, 0.25) is 5.02 Å². The third kappa shape index (κ3) is 8.82. The quantitative estimate of drug-likeness (QED) is 0.0817. The van der Waals surface area contributed by atoms with E-state index in [1.165, 1.54) is 19.2 Å². The molecule has 44 heavy (non-hydrogen) atoms. The van der Waals surface area contributed by atoms with Crippen LogP contribution < -0.4 is 18.9 Å². The largest absolute Gasteiger partial charge is 0.573 e. The number of ether oxygens (including phenoxy) is 6. The van der Waals surface area contributed by atoms with Crippen LogP contribution in [0.3, 0.4) is 0 Å².